The van der Waals surface area contributed by atoms with Gasteiger partial charge in [-0.2, -0.15) is 0 Å². The van der Waals surface area contributed by atoms with Crippen molar-refractivity contribution >= 4 is 32.7 Å². The van der Waals surface area contributed by atoms with E-state index in [1.807, 2.05) is 0 Å². The van der Waals surface area contributed by atoms with E-state index in [4.69, 9.17) is 9.72 Å². The maximum Gasteiger partial charge on any atom is 0.360 e. The first-order chi connectivity index (χ1) is 11.5. The Morgan fingerprint density at radius 2 is 2.04 bits per heavy atom. The summed E-state index contributed by atoms with van der Waals surface area (Å²) in [7, 11) is 1.71. The third-order valence-corrected chi connectivity index (χ3v) is 5.39. The minimum absolute atomic E-state index is 0.131. The van der Waals surface area contributed by atoms with Crippen LogP contribution in [0.15, 0.2) is 18.3 Å². The fraction of sp³-hybridized carbons (Fsp3) is 0.375. The monoisotopic (exact) mass is 343 g/mol. The number of carbonyl (C=O) groups is 1. The predicted octanol–water partition coefficient (Wildman–Crippen LogP) is 2.09. The molecule has 0 spiro atoms. The van der Waals surface area contributed by atoms with Gasteiger partial charge in [-0.25, -0.2) is 9.78 Å². The Kier molecular flexibility index (Phi) is 3.49. The maximum atomic E-state index is 12.0. The SMILES string of the molecule is Cc1ccc(C)c2sc(N3CC(OC(=O)c4cn(C)nn4)C3)nc12. The fourth-order valence-corrected chi connectivity index (χ4v) is 3.83. The van der Waals surface area contributed by atoms with E-state index in [2.05, 4.69) is 41.2 Å². The number of aromatic nitrogens is 4. The molecule has 1 fully saturated rings. The summed E-state index contributed by atoms with van der Waals surface area (Å²) in [6.07, 6.45) is 1.42. The van der Waals surface area contributed by atoms with Gasteiger partial charge in [-0.15, -0.1) is 5.10 Å². The van der Waals surface area contributed by atoms with Crippen molar-refractivity contribution in [1.82, 2.24) is 20.0 Å². The molecule has 0 aliphatic carbocycles. The molecule has 0 unspecified atom stereocenters. The average molecular weight is 343 g/mol. The molecular formula is C16H17N5O2S. The normalized spacial score (nSPS) is 14.9. The first kappa shape index (κ1) is 15.1. The second-order valence-electron chi connectivity index (χ2n) is 6.08. The van der Waals surface area contributed by atoms with Gasteiger partial charge in [-0.05, 0) is 25.0 Å². The molecule has 2 aromatic heterocycles. The number of hydrogen-bond donors (Lipinski definition) is 0. The molecule has 1 saturated heterocycles. The largest absolute Gasteiger partial charge is 0.454 e. The molecule has 3 aromatic rings. The van der Waals surface area contributed by atoms with Crippen LogP contribution in [0.5, 0.6) is 0 Å². The molecule has 1 aliphatic heterocycles. The summed E-state index contributed by atoms with van der Waals surface area (Å²) in [5.74, 6) is -0.427. The highest BCUT2D eigenvalue weighted by Gasteiger charge is 2.33. The number of nitrogens with zero attached hydrogens (tertiary/aromatic N) is 5. The Hall–Kier alpha value is -2.48. The van der Waals surface area contributed by atoms with Crippen molar-refractivity contribution in [3.05, 3.63) is 35.2 Å². The second-order valence-corrected chi connectivity index (χ2v) is 7.06. The highest BCUT2D eigenvalue weighted by Crippen LogP contribution is 2.35. The van der Waals surface area contributed by atoms with Crippen LogP contribution >= 0.6 is 11.3 Å². The van der Waals surface area contributed by atoms with Crippen molar-refractivity contribution in [3.8, 4) is 0 Å². The quantitative estimate of drug-likeness (QED) is 0.678. The highest BCUT2D eigenvalue weighted by molar-refractivity contribution is 7.22. The number of ether oxygens (including phenoxy) is 1. The molecule has 3 heterocycles. The summed E-state index contributed by atoms with van der Waals surface area (Å²) in [5.41, 5.74) is 3.73. The summed E-state index contributed by atoms with van der Waals surface area (Å²) in [5, 5.41) is 8.49. The van der Waals surface area contributed by atoms with E-state index < -0.39 is 5.97 Å². The van der Waals surface area contributed by atoms with Crippen molar-refractivity contribution < 1.29 is 9.53 Å². The van der Waals surface area contributed by atoms with Crippen LogP contribution < -0.4 is 4.90 Å². The summed E-state index contributed by atoms with van der Waals surface area (Å²) in [6.45, 7) is 5.49. The average Bonchev–Trinajstić information content (AvgIpc) is 3.13. The molecule has 4 rings (SSSR count). The smallest absolute Gasteiger partial charge is 0.360 e. The van der Waals surface area contributed by atoms with Crippen molar-refractivity contribution in [2.24, 2.45) is 7.05 Å². The van der Waals surface area contributed by atoms with E-state index >= 15 is 0 Å². The van der Waals surface area contributed by atoms with Crippen LogP contribution in [0.25, 0.3) is 10.2 Å². The number of fused-ring (bicyclic) bond motifs is 1. The van der Waals surface area contributed by atoms with Gasteiger partial charge >= 0.3 is 5.97 Å². The summed E-state index contributed by atoms with van der Waals surface area (Å²) >= 11 is 1.69. The lowest BCUT2D eigenvalue weighted by atomic mass is 10.1. The zero-order valence-corrected chi connectivity index (χ0v) is 14.5. The third-order valence-electron chi connectivity index (χ3n) is 4.13. The number of aryl methyl sites for hydroxylation is 3. The van der Waals surface area contributed by atoms with E-state index in [-0.39, 0.29) is 11.8 Å². The van der Waals surface area contributed by atoms with Gasteiger partial charge in [0, 0.05) is 7.05 Å². The minimum atomic E-state index is -0.427. The highest BCUT2D eigenvalue weighted by atomic mass is 32.1. The first-order valence-corrected chi connectivity index (χ1v) is 8.52. The number of benzene rings is 1. The zero-order valence-electron chi connectivity index (χ0n) is 13.7. The number of thiazole rings is 1. The Morgan fingerprint density at radius 1 is 1.29 bits per heavy atom. The Labute approximate surface area is 142 Å². The summed E-state index contributed by atoms with van der Waals surface area (Å²) < 4.78 is 8.15. The second kappa shape index (κ2) is 5.55. The molecule has 1 aromatic carbocycles. The van der Waals surface area contributed by atoms with Gasteiger partial charge in [0.1, 0.15) is 6.10 Å². The van der Waals surface area contributed by atoms with Gasteiger partial charge in [0.15, 0.2) is 10.8 Å². The third kappa shape index (κ3) is 2.52. The van der Waals surface area contributed by atoms with Crippen molar-refractivity contribution in [2.45, 2.75) is 20.0 Å². The number of carbonyl (C=O) groups excluding carboxylic acids is 1. The molecule has 0 N–H and O–H groups in total. The molecule has 1 aliphatic rings. The topological polar surface area (TPSA) is 73.1 Å². The Balaban J connectivity index is 1.43. The van der Waals surface area contributed by atoms with Gasteiger partial charge in [-0.3, -0.25) is 4.68 Å². The van der Waals surface area contributed by atoms with Crippen LogP contribution in [0.2, 0.25) is 0 Å². The zero-order chi connectivity index (χ0) is 16.8. The van der Waals surface area contributed by atoms with Crippen LogP contribution in [0.4, 0.5) is 5.13 Å². The number of anilines is 1. The molecular weight excluding hydrogens is 326 g/mol. The number of esters is 1. The van der Waals surface area contributed by atoms with Gasteiger partial charge < -0.3 is 9.64 Å². The van der Waals surface area contributed by atoms with Crippen LogP contribution in [-0.2, 0) is 11.8 Å². The fourth-order valence-electron chi connectivity index (χ4n) is 2.70. The van der Waals surface area contributed by atoms with E-state index in [0.717, 1.165) is 10.6 Å². The van der Waals surface area contributed by atoms with E-state index in [1.165, 1.54) is 20.5 Å². The molecule has 0 saturated carbocycles. The summed E-state index contributed by atoms with van der Waals surface area (Å²) in [6, 6.07) is 4.23. The molecule has 0 radical (unpaired) electrons. The van der Waals surface area contributed by atoms with Crippen LogP contribution in [0, 0.1) is 13.8 Å². The number of rotatable bonds is 3. The molecule has 0 atom stereocenters. The van der Waals surface area contributed by atoms with Crippen LogP contribution in [0.1, 0.15) is 21.6 Å². The Morgan fingerprint density at radius 3 is 2.71 bits per heavy atom. The first-order valence-electron chi connectivity index (χ1n) is 7.70. The molecule has 124 valence electrons. The number of hydrogen-bond acceptors (Lipinski definition) is 7. The maximum absolute atomic E-state index is 12.0. The molecule has 24 heavy (non-hydrogen) atoms. The van der Waals surface area contributed by atoms with Crippen molar-refractivity contribution in [1.29, 1.82) is 0 Å². The standard InChI is InChI=1S/C16H17N5O2S/c1-9-4-5-10(2)14-13(9)17-16(24-14)21-6-11(7-21)23-15(22)12-8-20(3)19-18-12/h4-5,8,11H,6-7H2,1-3H3. The van der Waals surface area contributed by atoms with Crippen LogP contribution in [0.3, 0.4) is 0 Å². The predicted molar refractivity (Wildman–Crippen MR) is 91.5 cm³/mol. The van der Waals surface area contributed by atoms with Crippen LogP contribution in [-0.4, -0.2) is 45.1 Å². The van der Waals surface area contributed by atoms with E-state index in [9.17, 15) is 4.79 Å². The van der Waals surface area contributed by atoms with Crippen molar-refractivity contribution in [3.63, 3.8) is 0 Å². The van der Waals surface area contributed by atoms with Gasteiger partial charge in [0.05, 0.1) is 29.5 Å². The van der Waals surface area contributed by atoms with E-state index in [1.54, 1.807) is 24.6 Å². The Bertz CT molecular complexity index is 887. The van der Waals surface area contributed by atoms with E-state index in [0.29, 0.717) is 13.1 Å². The lowest BCUT2D eigenvalue weighted by Crippen LogP contribution is -2.53. The molecule has 8 heteroatoms. The minimum Gasteiger partial charge on any atom is -0.454 e. The summed E-state index contributed by atoms with van der Waals surface area (Å²) in [4.78, 5) is 18.9. The lowest BCUT2D eigenvalue weighted by Gasteiger charge is -2.37. The molecule has 0 amide bonds. The van der Waals surface area contributed by atoms with Gasteiger partial charge in [-0.1, -0.05) is 28.7 Å². The molecule has 0 bridgehead atoms. The molecule has 7 nitrogen and oxygen atoms in total. The van der Waals surface area contributed by atoms with Gasteiger partial charge in [0.2, 0.25) is 0 Å². The van der Waals surface area contributed by atoms with Crippen molar-refractivity contribution in [2.75, 3.05) is 18.0 Å². The lowest BCUT2D eigenvalue weighted by molar-refractivity contribution is 0.0227. The van der Waals surface area contributed by atoms with Gasteiger partial charge in [0.25, 0.3) is 0 Å².